The topological polar surface area (TPSA) is 57.6 Å². The van der Waals surface area contributed by atoms with E-state index in [1.165, 1.54) is 0 Å². The van der Waals surface area contributed by atoms with Gasteiger partial charge in [-0.1, -0.05) is 13.8 Å². The first-order valence-electron chi connectivity index (χ1n) is 5.33. The first-order valence-corrected chi connectivity index (χ1v) is 5.33. The van der Waals surface area contributed by atoms with Gasteiger partial charge in [-0.15, -0.1) is 0 Å². The van der Waals surface area contributed by atoms with Gasteiger partial charge in [-0.3, -0.25) is 9.59 Å². The molecule has 86 valence electrons. The predicted octanol–water partition coefficient (Wildman–Crippen LogP) is 1.35. The van der Waals surface area contributed by atoms with Crippen LogP contribution in [0, 0.1) is 11.3 Å². The van der Waals surface area contributed by atoms with Crippen LogP contribution in [-0.2, 0) is 9.59 Å². The summed E-state index contributed by atoms with van der Waals surface area (Å²) in [5.41, 5.74) is -1.10. The van der Waals surface area contributed by atoms with Gasteiger partial charge < -0.3 is 10.0 Å². The largest absolute Gasteiger partial charge is 0.480 e. The van der Waals surface area contributed by atoms with E-state index in [0.717, 1.165) is 0 Å². The molecule has 0 aromatic carbocycles. The second-order valence-corrected chi connectivity index (χ2v) is 4.79. The Morgan fingerprint density at radius 2 is 1.73 bits per heavy atom. The molecule has 0 aromatic rings. The molecule has 1 fully saturated rings. The highest BCUT2D eigenvalue weighted by molar-refractivity contribution is 6.04. The Morgan fingerprint density at radius 1 is 1.27 bits per heavy atom. The summed E-state index contributed by atoms with van der Waals surface area (Å²) in [6.45, 7) is 5.99. The Morgan fingerprint density at radius 3 is 2.00 bits per heavy atom. The Kier molecular flexibility index (Phi) is 3.07. The van der Waals surface area contributed by atoms with E-state index in [1.54, 1.807) is 11.9 Å². The molecule has 0 heterocycles. The molecule has 4 nitrogen and oxygen atoms in total. The van der Waals surface area contributed by atoms with Crippen molar-refractivity contribution in [2.75, 3.05) is 7.05 Å². The molecule has 0 saturated heterocycles. The number of aliphatic carboxylic acids is 1. The molecule has 0 spiro atoms. The number of nitrogens with zero attached hydrogens (tertiary/aromatic N) is 1. The molecule has 1 atom stereocenters. The van der Waals surface area contributed by atoms with E-state index in [-0.39, 0.29) is 11.9 Å². The Labute approximate surface area is 90.3 Å². The van der Waals surface area contributed by atoms with Gasteiger partial charge in [0.25, 0.3) is 0 Å². The van der Waals surface area contributed by atoms with Crippen molar-refractivity contribution < 1.29 is 14.7 Å². The number of hydrogen-bond acceptors (Lipinski definition) is 2. The van der Waals surface area contributed by atoms with Gasteiger partial charge in [0.1, 0.15) is 5.41 Å². The number of hydrogen-bond donors (Lipinski definition) is 1. The van der Waals surface area contributed by atoms with Gasteiger partial charge in [-0.05, 0) is 25.7 Å². The van der Waals surface area contributed by atoms with Gasteiger partial charge in [-0.25, -0.2) is 0 Å². The monoisotopic (exact) mass is 213 g/mol. The highest BCUT2D eigenvalue weighted by atomic mass is 16.4. The summed E-state index contributed by atoms with van der Waals surface area (Å²) in [7, 11) is 1.69. The maximum Gasteiger partial charge on any atom is 0.319 e. The second-order valence-electron chi connectivity index (χ2n) is 4.79. The summed E-state index contributed by atoms with van der Waals surface area (Å²) in [5.74, 6) is -0.880. The summed E-state index contributed by atoms with van der Waals surface area (Å²) in [4.78, 5) is 24.5. The minimum atomic E-state index is -1.10. The van der Waals surface area contributed by atoms with E-state index in [2.05, 4.69) is 0 Å². The molecule has 0 aromatic heterocycles. The van der Waals surface area contributed by atoms with Gasteiger partial charge >= 0.3 is 5.97 Å². The zero-order valence-electron chi connectivity index (χ0n) is 9.78. The molecule has 0 bridgehead atoms. The minimum Gasteiger partial charge on any atom is -0.480 e. The molecule has 1 amide bonds. The highest BCUT2D eigenvalue weighted by Gasteiger charge is 2.58. The van der Waals surface area contributed by atoms with Crippen LogP contribution in [0.1, 0.15) is 33.6 Å². The van der Waals surface area contributed by atoms with Crippen LogP contribution in [-0.4, -0.2) is 35.0 Å². The number of carboxylic acid groups (broad SMARTS) is 1. The van der Waals surface area contributed by atoms with Crippen LogP contribution < -0.4 is 0 Å². The average Bonchev–Trinajstić information content (AvgIpc) is 2.94. The van der Waals surface area contributed by atoms with Crippen molar-refractivity contribution in [3.63, 3.8) is 0 Å². The van der Waals surface area contributed by atoms with Crippen LogP contribution in [0.4, 0.5) is 0 Å². The molecule has 1 saturated carbocycles. The fourth-order valence-electron chi connectivity index (χ4n) is 1.61. The summed E-state index contributed by atoms with van der Waals surface area (Å²) in [5, 5.41) is 9.00. The van der Waals surface area contributed by atoms with Crippen molar-refractivity contribution in [3.05, 3.63) is 0 Å². The Bertz CT molecular complexity index is 282. The second kappa shape index (κ2) is 3.83. The van der Waals surface area contributed by atoms with E-state index in [1.807, 2.05) is 20.8 Å². The number of rotatable bonds is 4. The molecule has 15 heavy (non-hydrogen) atoms. The molecule has 1 N–H and O–H groups in total. The number of carbonyl (C=O) groups is 2. The van der Waals surface area contributed by atoms with Crippen LogP contribution in [0.15, 0.2) is 0 Å². The highest BCUT2D eigenvalue weighted by Crippen LogP contribution is 2.47. The SMILES string of the molecule is CC(C)C(C)N(C)C(=O)C1(C(=O)O)CC1. The number of carbonyl (C=O) groups excluding carboxylic acids is 1. The molecule has 0 radical (unpaired) electrons. The lowest BCUT2D eigenvalue weighted by Crippen LogP contribution is -2.44. The third-order valence-electron chi connectivity index (χ3n) is 3.46. The molecule has 4 heteroatoms. The zero-order valence-corrected chi connectivity index (χ0v) is 9.78. The van der Waals surface area contributed by atoms with Gasteiger partial charge in [0, 0.05) is 13.1 Å². The van der Waals surface area contributed by atoms with Crippen molar-refractivity contribution in [2.24, 2.45) is 11.3 Å². The van der Waals surface area contributed by atoms with Crippen molar-refractivity contribution in [1.29, 1.82) is 0 Å². The lowest BCUT2D eigenvalue weighted by Gasteiger charge is -2.30. The van der Waals surface area contributed by atoms with E-state index < -0.39 is 11.4 Å². The summed E-state index contributed by atoms with van der Waals surface area (Å²) in [6, 6.07) is 0.0781. The van der Waals surface area contributed by atoms with Crippen molar-refractivity contribution >= 4 is 11.9 Å². The molecule has 1 aliphatic rings. The van der Waals surface area contributed by atoms with Crippen LogP contribution in [0.5, 0.6) is 0 Å². The van der Waals surface area contributed by atoms with Gasteiger partial charge in [0.2, 0.25) is 5.91 Å². The van der Waals surface area contributed by atoms with Crippen LogP contribution in [0.2, 0.25) is 0 Å². The summed E-state index contributed by atoms with van der Waals surface area (Å²) in [6.07, 6.45) is 0.965. The first-order chi connectivity index (χ1) is 6.83. The van der Waals surface area contributed by atoms with E-state index in [4.69, 9.17) is 5.11 Å². The van der Waals surface area contributed by atoms with E-state index in [9.17, 15) is 9.59 Å². The van der Waals surface area contributed by atoms with Crippen LogP contribution >= 0.6 is 0 Å². The van der Waals surface area contributed by atoms with E-state index >= 15 is 0 Å². The van der Waals surface area contributed by atoms with Gasteiger partial charge in [-0.2, -0.15) is 0 Å². The minimum absolute atomic E-state index is 0.0781. The van der Waals surface area contributed by atoms with Crippen LogP contribution in [0.3, 0.4) is 0 Å². The Balaban J connectivity index is 2.73. The maximum atomic E-state index is 12.0. The molecule has 1 unspecified atom stereocenters. The van der Waals surface area contributed by atoms with Gasteiger partial charge in [0.15, 0.2) is 0 Å². The zero-order chi connectivity index (χ0) is 11.8. The lowest BCUT2D eigenvalue weighted by atomic mass is 10.0. The Hall–Kier alpha value is -1.06. The summed E-state index contributed by atoms with van der Waals surface area (Å²) >= 11 is 0. The molecule has 0 aliphatic heterocycles. The smallest absolute Gasteiger partial charge is 0.319 e. The third kappa shape index (κ3) is 1.98. The average molecular weight is 213 g/mol. The molecular formula is C11H19NO3. The number of carboxylic acids is 1. The van der Waals surface area contributed by atoms with Crippen LogP contribution in [0.25, 0.3) is 0 Å². The standard InChI is InChI=1S/C11H19NO3/c1-7(2)8(3)12(4)9(13)11(5-6-11)10(14)15/h7-8H,5-6H2,1-4H3,(H,14,15). The normalized spacial score (nSPS) is 19.8. The molecular weight excluding hydrogens is 194 g/mol. The summed E-state index contributed by atoms with van der Waals surface area (Å²) < 4.78 is 0. The molecule has 1 rings (SSSR count). The van der Waals surface area contributed by atoms with Crippen molar-refractivity contribution in [3.8, 4) is 0 Å². The van der Waals surface area contributed by atoms with E-state index in [0.29, 0.717) is 18.8 Å². The first kappa shape index (κ1) is 12.0. The number of amides is 1. The lowest BCUT2D eigenvalue weighted by molar-refractivity contribution is -0.154. The molecule has 1 aliphatic carbocycles. The van der Waals surface area contributed by atoms with Crippen molar-refractivity contribution in [1.82, 2.24) is 4.90 Å². The predicted molar refractivity (Wildman–Crippen MR) is 56.4 cm³/mol. The maximum absolute atomic E-state index is 12.0. The fraction of sp³-hybridized carbons (Fsp3) is 0.818. The van der Waals surface area contributed by atoms with Crippen molar-refractivity contribution in [2.45, 2.75) is 39.7 Å². The fourth-order valence-corrected chi connectivity index (χ4v) is 1.61. The third-order valence-corrected chi connectivity index (χ3v) is 3.46. The quantitative estimate of drug-likeness (QED) is 0.717. The van der Waals surface area contributed by atoms with Gasteiger partial charge in [0.05, 0.1) is 0 Å².